The number of imide groups is 1. The van der Waals surface area contributed by atoms with Crippen molar-refractivity contribution in [2.45, 2.75) is 25.5 Å². The number of carboxylic acid groups (broad SMARTS) is 1. The molecule has 10 heteroatoms. The van der Waals surface area contributed by atoms with Gasteiger partial charge in [0.25, 0.3) is 11.8 Å². The molecule has 0 aliphatic carbocycles. The first-order valence-electron chi connectivity index (χ1n) is 8.37. The third-order valence-electron chi connectivity index (χ3n) is 4.60. The van der Waals surface area contributed by atoms with Crippen LogP contribution in [-0.4, -0.2) is 60.3 Å². The fraction of sp³-hybridized carbons (Fsp3) is 0.471. The minimum absolute atomic E-state index is 0.0178. The minimum Gasteiger partial charge on any atom is -0.465 e. The lowest BCUT2D eigenvalue weighted by Crippen LogP contribution is -2.45. The van der Waals surface area contributed by atoms with Crippen LogP contribution in [0.4, 0.5) is 4.79 Å². The molecule has 27 heavy (non-hydrogen) atoms. The molecule has 0 saturated carbocycles. The molecule has 2 N–H and O–H groups in total. The Balaban J connectivity index is 2.21. The summed E-state index contributed by atoms with van der Waals surface area (Å²) in [5.74, 6) is -1.25. The molecule has 3 unspecified atom stereocenters. The number of nitrogens with zero attached hydrogens (tertiary/aromatic N) is 4. The van der Waals surface area contributed by atoms with Crippen molar-refractivity contribution in [3.8, 4) is 0 Å². The predicted molar refractivity (Wildman–Crippen MR) is 95.3 cm³/mol. The molecule has 1 aromatic carbocycles. The molecule has 3 amide bonds. The second-order valence-electron chi connectivity index (χ2n) is 6.27. The highest BCUT2D eigenvalue weighted by atomic mass is 16.5. The second kappa shape index (κ2) is 9.02. The molecule has 1 aliphatic heterocycles. The van der Waals surface area contributed by atoms with E-state index in [1.165, 1.54) is 7.11 Å². The Bertz CT molecular complexity index is 742. The number of hydrogen-bond acceptors (Lipinski definition) is 5. The van der Waals surface area contributed by atoms with Crippen LogP contribution in [-0.2, 0) is 4.74 Å². The number of benzene rings is 1. The SMILES string of the molecule is COC(CN=[N+]=[N-])CC(CN1C(=O)c2ccccc2C1=O)C(C)NC(=O)O. The van der Waals surface area contributed by atoms with Crippen molar-refractivity contribution < 1.29 is 24.2 Å². The molecule has 1 aliphatic rings. The Morgan fingerprint density at radius 3 is 2.41 bits per heavy atom. The van der Waals surface area contributed by atoms with E-state index in [0.717, 1.165) is 4.90 Å². The van der Waals surface area contributed by atoms with Gasteiger partial charge >= 0.3 is 6.09 Å². The monoisotopic (exact) mass is 375 g/mol. The van der Waals surface area contributed by atoms with Crippen LogP contribution in [0.5, 0.6) is 0 Å². The maximum absolute atomic E-state index is 12.6. The van der Waals surface area contributed by atoms with Crippen LogP contribution >= 0.6 is 0 Å². The predicted octanol–water partition coefficient (Wildman–Crippen LogP) is 2.27. The van der Waals surface area contributed by atoms with Gasteiger partial charge in [-0.05, 0) is 36.9 Å². The number of hydrogen-bond donors (Lipinski definition) is 2. The second-order valence-corrected chi connectivity index (χ2v) is 6.27. The summed E-state index contributed by atoms with van der Waals surface area (Å²) in [7, 11) is 1.45. The molecular weight excluding hydrogens is 354 g/mol. The van der Waals surface area contributed by atoms with Crippen molar-refractivity contribution in [3.63, 3.8) is 0 Å². The summed E-state index contributed by atoms with van der Waals surface area (Å²) in [6.07, 6.45) is -1.39. The van der Waals surface area contributed by atoms with Crippen LogP contribution in [0.1, 0.15) is 34.1 Å². The Morgan fingerprint density at radius 2 is 1.93 bits per heavy atom. The molecule has 1 heterocycles. The first-order valence-corrected chi connectivity index (χ1v) is 8.37. The van der Waals surface area contributed by atoms with Crippen LogP contribution in [0.2, 0.25) is 0 Å². The van der Waals surface area contributed by atoms with E-state index in [2.05, 4.69) is 15.3 Å². The van der Waals surface area contributed by atoms with Gasteiger partial charge < -0.3 is 15.2 Å². The molecule has 3 atom stereocenters. The Morgan fingerprint density at radius 1 is 1.33 bits per heavy atom. The summed E-state index contributed by atoms with van der Waals surface area (Å²) in [6.45, 7) is 1.73. The zero-order valence-electron chi connectivity index (χ0n) is 15.0. The molecule has 10 nitrogen and oxygen atoms in total. The molecule has 0 saturated heterocycles. The lowest BCUT2D eigenvalue weighted by molar-refractivity contribution is 0.0527. The largest absolute Gasteiger partial charge is 0.465 e. The van der Waals surface area contributed by atoms with Crippen LogP contribution < -0.4 is 5.32 Å². The average Bonchev–Trinajstić information content (AvgIpc) is 2.88. The van der Waals surface area contributed by atoms with E-state index >= 15 is 0 Å². The Hall–Kier alpha value is -3.10. The van der Waals surface area contributed by atoms with E-state index in [4.69, 9.17) is 15.4 Å². The molecule has 0 aromatic heterocycles. The van der Waals surface area contributed by atoms with E-state index in [1.807, 2.05) is 0 Å². The summed E-state index contributed by atoms with van der Waals surface area (Å²) in [4.78, 5) is 40.0. The molecule has 2 rings (SSSR count). The van der Waals surface area contributed by atoms with E-state index in [1.54, 1.807) is 31.2 Å². The third-order valence-corrected chi connectivity index (χ3v) is 4.60. The number of carbonyl (C=O) groups is 3. The quantitative estimate of drug-likeness (QED) is 0.294. The van der Waals surface area contributed by atoms with Gasteiger partial charge in [-0.2, -0.15) is 0 Å². The standard InChI is InChI=1S/C17H21N5O5/c1-10(20-17(25)26)11(7-12(27-2)8-19-21-18)9-22-15(23)13-5-3-4-6-14(13)16(22)24/h3-6,10-12,20H,7-9H2,1-2H3,(H,25,26). The first-order chi connectivity index (χ1) is 12.9. The van der Waals surface area contributed by atoms with Gasteiger partial charge in [0.05, 0.1) is 23.8 Å². The maximum atomic E-state index is 12.6. The van der Waals surface area contributed by atoms with Crippen molar-refractivity contribution in [3.05, 3.63) is 45.8 Å². The summed E-state index contributed by atoms with van der Waals surface area (Å²) in [6, 6.07) is 5.98. The zero-order valence-corrected chi connectivity index (χ0v) is 15.0. The van der Waals surface area contributed by atoms with Crippen molar-refractivity contribution in [1.29, 1.82) is 0 Å². The number of nitrogens with one attached hydrogen (secondary N) is 1. The first kappa shape index (κ1) is 20.2. The zero-order chi connectivity index (χ0) is 20.0. The Labute approximate surface area is 155 Å². The van der Waals surface area contributed by atoms with Crippen LogP contribution in [0.25, 0.3) is 10.4 Å². The summed E-state index contributed by atoms with van der Waals surface area (Å²) >= 11 is 0. The molecule has 1 aromatic rings. The van der Waals surface area contributed by atoms with E-state index < -0.39 is 36.0 Å². The summed E-state index contributed by atoms with van der Waals surface area (Å²) in [5.41, 5.74) is 9.15. The van der Waals surface area contributed by atoms with Crippen molar-refractivity contribution in [2.24, 2.45) is 11.0 Å². The molecule has 0 fully saturated rings. The van der Waals surface area contributed by atoms with Gasteiger partial charge in [-0.1, -0.05) is 17.2 Å². The van der Waals surface area contributed by atoms with Gasteiger partial charge in [0.1, 0.15) is 0 Å². The molecule has 0 spiro atoms. The van der Waals surface area contributed by atoms with Gasteiger partial charge in [0.2, 0.25) is 0 Å². The number of azide groups is 1. The fourth-order valence-electron chi connectivity index (χ4n) is 3.10. The fourth-order valence-corrected chi connectivity index (χ4v) is 3.10. The van der Waals surface area contributed by atoms with Gasteiger partial charge in [0.15, 0.2) is 0 Å². The Kier molecular flexibility index (Phi) is 6.75. The normalized spacial score (nSPS) is 16.3. The van der Waals surface area contributed by atoms with E-state index in [0.29, 0.717) is 17.5 Å². The lowest BCUT2D eigenvalue weighted by Gasteiger charge is -2.30. The van der Waals surface area contributed by atoms with Crippen LogP contribution in [0.3, 0.4) is 0 Å². The minimum atomic E-state index is -1.21. The van der Waals surface area contributed by atoms with Gasteiger partial charge in [0, 0.05) is 24.6 Å². The van der Waals surface area contributed by atoms with Gasteiger partial charge in [-0.25, -0.2) is 4.79 Å². The van der Waals surface area contributed by atoms with Gasteiger partial charge in [-0.3, -0.25) is 14.5 Å². The molecule has 144 valence electrons. The number of carbonyl (C=O) groups excluding carboxylic acids is 2. The maximum Gasteiger partial charge on any atom is 0.404 e. The van der Waals surface area contributed by atoms with E-state index in [9.17, 15) is 14.4 Å². The smallest absolute Gasteiger partial charge is 0.404 e. The highest BCUT2D eigenvalue weighted by molar-refractivity contribution is 6.21. The van der Waals surface area contributed by atoms with Crippen LogP contribution in [0, 0.1) is 5.92 Å². The topological polar surface area (TPSA) is 145 Å². The van der Waals surface area contributed by atoms with Crippen molar-refractivity contribution >= 4 is 17.9 Å². The lowest BCUT2D eigenvalue weighted by atomic mass is 9.93. The summed E-state index contributed by atoms with van der Waals surface area (Å²) in [5, 5.41) is 14.9. The number of ether oxygens (including phenoxy) is 1. The number of rotatable bonds is 9. The van der Waals surface area contributed by atoms with Crippen LogP contribution in [0.15, 0.2) is 29.4 Å². The highest BCUT2D eigenvalue weighted by Crippen LogP contribution is 2.25. The third kappa shape index (κ3) is 4.75. The van der Waals surface area contributed by atoms with Crippen molar-refractivity contribution in [2.75, 3.05) is 20.2 Å². The van der Waals surface area contributed by atoms with Gasteiger partial charge in [-0.15, -0.1) is 0 Å². The average molecular weight is 375 g/mol. The molecule has 0 radical (unpaired) electrons. The van der Waals surface area contributed by atoms with Crippen molar-refractivity contribution in [1.82, 2.24) is 10.2 Å². The highest BCUT2D eigenvalue weighted by Gasteiger charge is 2.38. The molecular formula is C17H21N5O5. The molecule has 0 bridgehead atoms. The number of amides is 3. The van der Waals surface area contributed by atoms with E-state index in [-0.39, 0.29) is 13.1 Å². The summed E-state index contributed by atoms with van der Waals surface area (Å²) < 4.78 is 5.29. The number of methoxy groups -OCH3 is 1. The number of fused-ring (bicyclic) bond motifs is 1.